The Bertz CT molecular complexity index is 493. The van der Waals surface area contributed by atoms with Crippen LogP contribution in [0.25, 0.3) is 0 Å². The molecule has 0 unspecified atom stereocenters. The van der Waals surface area contributed by atoms with Crippen molar-refractivity contribution in [3.05, 3.63) is 23.1 Å². The number of nitrogens with one attached hydrogen (secondary N) is 1. The average molecular weight is 323 g/mol. The van der Waals surface area contributed by atoms with Gasteiger partial charge in [-0.15, -0.1) is 0 Å². The molecule has 1 fully saturated rings. The minimum atomic E-state index is -1.35. The van der Waals surface area contributed by atoms with E-state index in [2.05, 4.69) is 10.3 Å². The van der Waals surface area contributed by atoms with E-state index in [-0.39, 0.29) is 10.8 Å². The Kier molecular flexibility index (Phi) is 5.31. The van der Waals surface area contributed by atoms with E-state index in [0.29, 0.717) is 0 Å². The van der Waals surface area contributed by atoms with E-state index >= 15 is 0 Å². The molecule has 1 aromatic heterocycles. The minimum absolute atomic E-state index is 0.127. The van der Waals surface area contributed by atoms with E-state index in [9.17, 15) is 14.6 Å². The highest BCUT2D eigenvalue weighted by atomic mass is 35.5. The van der Waals surface area contributed by atoms with Crippen LogP contribution >= 0.6 is 11.6 Å². The molecule has 1 aliphatic heterocycles. The van der Waals surface area contributed by atoms with E-state index in [1.807, 2.05) is 0 Å². The molecule has 0 amide bonds. The van der Waals surface area contributed by atoms with Gasteiger partial charge in [0.2, 0.25) is 0 Å². The third kappa shape index (κ3) is 3.42. The molecule has 2 rings (SSSR count). The topological polar surface area (TPSA) is 104 Å². The quantitative estimate of drug-likeness (QED) is 0.605. The van der Waals surface area contributed by atoms with Gasteiger partial charge in [0.15, 0.2) is 17.9 Å². The Labute approximate surface area is 125 Å². The minimum Gasteiger partial charge on any atom is -0.394 e. The van der Waals surface area contributed by atoms with Crippen molar-refractivity contribution in [2.75, 3.05) is 19.0 Å². The summed E-state index contributed by atoms with van der Waals surface area (Å²) in [6.45, 7) is -0.488. The van der Waals surface area contributed by atoms with Gasteiger partial charge in [0.25, 0.3) is 0 Å². The monoisotopic (exact) mass is 322 g/mol. The van der Waals surface area contributed by atoms with Crippen LogP contribution in [0.4, 0.5) is 10.2 Å². The highest BCUT2D eigenvalue weighted by Gasteiger charge is 2.44. The molecule has 1 saturated heterocycles. The number of anilines is 1. The molecule has 118 valence electrons. The Morgan fingerprint density at radius 2 is 2.19 bits per heavy atom. The fraction of sp³-hybridized carbons (Fsp3) is 0.583. The second-order valence-corrected chi connectivity index (χ2v) is 5.03. The maximum atomic E-state index is 13.7. The number of aliphatic hydroxyl groups excluding tert-OH is 3. The van der Waals surface area contributed by atoms with Crippen LogP contribution < -0.4 is 5.32 Å². The summed E-state index contributed by atoms with van der Waals surface area (Å²) in [4.78, 5) is 3.77. The van der Waals surface area contributed by atoms with Crippen molar-refractivity contribution in [3.63, 3.8) is 0 Å². The molecule has 2 heterocycles. The number of methoxy groups -OCH3 is 1. The van der Waals surface area contributed by atoms with Gasteiger partial charge in [-0.05, 0) is 6.07 Å². The Morgan fingerprint density at radius 3 is 2.76 bits per heavy atom. The van der Waals surface area contributed by atoms with Crippen LogP contribution in [-0.2, 0) is 9.47 Å². The predicted octanol–water partition coefficient (Wildman–Crippen LogP) is -0.260. The molecule has 0 bridgehead atoms. The molecule has 0 spiro atoms. The van der Waals surface area contributed by atoms with Crippen LogP contribution in [0.1, 0.15) is 0 Å². The second kappa shape index (κ2) is 6.82. The molecule has 0 radical (unpaired) electrons. The van der Waals surface area contributed by atoms with Crippen molar-refractivity contribution in [1.82, 2.24) is 4.98 Å². The van der Waals surface area contributed by atoms with Gasteiger partial charge in [-0.3, -0.25) is 0 Å². The van der Waals surface area contributed by atoms with E-state index in [1.54, 1.807) is 0 Å². The SMILES string of the molecule is CO[C@@H]1O[C@H](CO)[C@H](O)[C@H](O)[C@@H]1Nc1ncc(Cl)cc1F. The first kappa shape index (κ1) is 16.3. The third-order valence-electron chi connectivity index (χ3n) is 3.22. The highest BCUT2D eigenvalue weighted by molar-refractivity contribution is 6.30. The number of halogens is 2. The maximum absolute atomic E-state index is 13.7. The zero-order valence-corrected chi connectivity index (χ0v) is 11.9. The number of hydrogen-bond donors (Lipinski definition) is 4. The van der Waals surface area contributed by atoms with Crippen LogP contribution in [0.5, 0.6) is 0 Å². The molecular weight excluding hydrogens is 307 g/mol. The first-order valence-corrected chi connectivity index (χ1v) is 6.58. The molecule has 0 saturated carbocycles. The molecule has 4 N–H and O–H groups in total. The summed E-state index contributed by atoms with van der Waals surface area (Å²) in [5.41, 5.74) is 0. The first-order valence-electron chi connectivity index (χ1n) is 6.20. The summed E-state index contributed by atoms with van der Waals surface area (Å²) in [7, 11) is 1.32. The van der Waals surface area contributed by atoms with E-state index in [4.69, 9.17) is 26.2 Å². The fourth-order valence-corrected chi connectivity index (χ4v) is 2.26. The first-order chi connectivity index (χ1) is 9.97. The van der Waals surface area contributed by atoms with Crippen molar-refractivity contribution < 1.29 is 29.2 Å². The van der Waals surface area contributed by atoms with Gasteiger partial charge >= 0.3 is 0 Å². The number of ether oxygens (including phenoxy) is 2. The summed E-state index contributed by atoms with van der Waals surface area (Å²) < 4.78 is 24.1. The second-order valence-electron chi connectivity index (χ2n) is 4.60. The standard InChI is InChI=1S/C12H16ClFN2O5/c1-20-12-8(10(19)9(18)7(4-17)21-12)16-11-6(14)2-5(13)3-15-11/h2-3,7-10,12,17-19H,4H2,1H3,(H,15,16)/t7-,8+,9+,10-,12-/m1/s1. The van der Waals surface area contributed by atoms with E-state index < -0.39 is 43.1 Å². The van der Waals surface area contributed by atoms with Gasteiger partial charge in [-0.1, -0.05) is 11.6 Å². The van der Waals surface area contributed by atoms with Crippen LogP contribution in [0.2, 0.25) is 5.02 Å². The largest absolute Gasteiger partial charge is 0.394 e. The molecular formula is C12H16ClFN2O5. The molecule has 0 aromatic carbocycles. The van der Waals surface area contributed by atoms with Gasteiger partial charge in [0.05, 0.1) is 11.6 Å². The molecule has 1 aliphatic rings. The Morgan fingerprint density at radius 1 is 1.48 bits per heavy atom. The Balaban J connectivity index is 2.20. The van der Waals surface area contributed by atoms with Gasteiger partial charge < -0.3 is 30.1 Å². The van der Waals surface area contributed by atoms with Gasteiger partial charge in [0, 0.05) is 13.3 Å². The number of nitrogens with zero attached hydrogens (tertiary/aromatic N) is 1. The summed E-state index contributed by atoms with van der Waals surface area (Å²) in [5.74, 6) is -0.882. The molecule has 5 atom stereocenters. The van der Waals surface area contributed by atoms with Crippen LogP contribution in [0.15, 0.2) is 12.3 Å². The summed E-state index contributed by atoms with van der Waals surface area (Å²) in [6.07, 6.45) is -3.46. The number of pyridine rings is 1. The normalized spacial score (nSPS) is 33.0. The zero-order chi connectivity index (χ0) is 15.6. The van der Waals surface area contributed by atoms with Crippen LogP contribution in [0, 0.1) is 5.82 Å². The van der Waals surface area contributed by atoms with E-state index in [1.165, 1.54) is 13.3 Å². The van der Waals surface area contributed by atoms with Crippen molar-refractivity contribution >= 4 is 17.4 Å². The smallest absolute Gasteiger partial charge is 0.180 e. The molecule has 21 heavy (non-hydrogen) atoms. The highest BCUT2D eigenvalue weighted by Crippen LogP contribution is 2.25. The summed E-state index contributed by atoms with van der Waals surface area (Å²) in [5, 5.41) is 31.8. The van der Waals surface area contributed by atoms with Gasteiger partial charge in [-0.25, -0.2) is 9.37 Å². The Hall–Kier alpha value is -1.03. The van der Waals surface area contributed by atoms with Gasteiger partial charge in [0.1, 0.15) is 24.4 Å². The number of aliphatic hydroxyl groups is 3. The van der Waals surface area contributed by atoms with Crippen molar-refractivity contribution in [2.45, 2.75) is 30.6 Å². The zero-order valence-electron chi connectivity index (χ0n) is 11.1. The number of rotatable bonds is 4. The lowest BCUT2D eigenvalue weighted by Crippen LogP contribution is -2.61. The van der Waals surface area contributed by atoms with Crippen molar-refractivity contribution in [3.8, 4) is 0 Å². The van der Waals surface area contributed by atoms with Gasteiger partial charge in [-0.2, -0.15) is 0 Å². The summed E-state index contributed by atoms with van der Waals surface area (Å²) >= 11 is 5.61. The number of hydrogen-bond acceptors (Lipinski definition) is 7. The molecule has 7 nitrogen and oxygen atoms in total. The lowest BCUT2D eigenvalue weighted by Gasteiger charge is -2.41. The predicted molar refractivity (Wildman–Crippen MR) is 71.4 cm³/mol. The van der Waals surface area contributed by atoms with Crippen molar-refractivity contribution in [2.24, 2.45) is 0 Å². The number of aromatic nitrogens is 1. The molecule has 1 aromatic rings. The lowest BCUT2D eigenvalue weighted by atomic mass is 9.97. The van der Waals surface area contributed by atoms with Crippen LogP contribution in [0.3, 0.4) is 0 Å². The van der Waals surface area contributed by atoms with Crippen molar-refractivity contribution in [1.29, 1.82) is 0 Å². The summed E-state index contributed by atoms with van der Waals surface area (Å²) in [6, 6.07) is 0.0813. The fourth-order valence-electron chi connectivity index (χ4n) is 2.12. The molecule has 9 heteroatoms. The maximum Gasteiger partial charge on any atom is 0.180 e. The third-order valence-corrected chi connectivity index (χ3v) is 3.43. The van der Waals surface area contributed by atoms with Crippen LogP contribution in [-0.4, -0.2) is 64.7 Å². The van der Waals surface area contributed by atoms with E-state index in [0.717, 1.165) is 6.07 Å². The lowest BCUT2D eigenvalue weighted by molar-refractivity contribution is -0.254. The average Bonchev–Trinajstić information content (AvgIpc) is 2.46. The molecule has 0 aliphatic carbocycles.